The summed E-state index contributed by atoms with van der Waals surface area (Å²) in [7, 11) is 1.18. The van der Waals surface area contributed by atoms with E-state index in [0.29, 0.717) is 17.4 Å². The van der Waals surface area contributed by atoms with Crippen LogP contribution in [0.3, 0.4) is 0 Å². The Kier molecular flexibility index (Phi) is 32.9. The van der Waals surface area contributed by atoms with Gasteiger partial charge in [0.15, 0.2) is 6.10 Å². The molecule has 0 spiro atoms. The summed E-state index contributed by atoms with van der Waals surface area (Å²) < 4.78 is 33.9. The van der Waals surface area contributed by atoms with Gasteiger partial charge >= 0.3 is 11.9 Å². The van der Waals surface area contributed by atoms with E-state index >= 15 is 0 Å². The van der Waals surface area contributed by atoms with Gasteiger partial charge in [0.1, 0.15) is 19.8 Å². The largest absolute Gasteiger partial charge is 0.756 e. The maximum atomic E-state index is 12.6. The number of nitrogens with zero attached hydrogens (tertiary/aromatic N) is 1. The van der Waals surface area contributed by atoms with E-state index in [-0.39, 0.29) is 32.0 Å². The van der Waals surface area contributed by atoms with Crippen molar-refractivity contribution in [3.05, 3.63) is 0 Å². The summed E-state index contributed by atoms with van der Waals surface area (Å²) >= 11 is 0. The minimum atomic E-state index is -4.61. The van der Waals surface area contributed by atoms with Gasteiger partial charge in [0.2, 0.25) is 0 Å². The Balaban J connectivity index is 4.41. The van der Waals surface area contributed by atoms with Crippen LogP contribution in [-0.2, 0) is 32.7 Å². The molecule has 0 saturated heterocycles. The van der Waals surface area contributed by atoms with E-state index in [1.807, 2.05) is 21.1 Å². The number of likely N-dealkylation sites (N-methyl/N-ethyl adjacent to an activating group) is 1. The summed E-state index contributed by atoms with van der Waals surface area (Å²) in [4.78, 5) is 37.5. The van der Waals surface area contributed by atoms with Crippen molar-refractivity contribution in [1.29, 1.82) is 0 Å². The molecule has 9 nitrogen and oxygen atoms in total. The Labute approximate surface area is 314 Å². The molecule has 51 heavy (non-hydrogen) atoms. The van der Waals surface area contributed by atoms with Gasteiger partial charge in [-0.3, -0.25) is 14.2 Å². The van der Waals surface area contributed by atoms with Gasteiger partial charge in [-0.15, -0.1) is 0 Å². The lowest BCUT2D eigenvalue weighted by molar-refractivity contribution is -0.870. The fraction of sp³-hybridized carbons (Fsp3) is 0.951. The van der Waals surface area contributed by atoms with E-state index in [0.717, 1.165) is 38.0 Å². The highest BCUT2D eigenvalue weighted by atomic mass is 31.2. The fourth-order valence-electron chi connectivity index (χ4n) is 6.08. The standard InChI is InChI=1S/C41H82NO8P/c1-7-9-11-13-14-15-16-17-18-19-20-25-29-33-41(44)50-39(37-49-51(45,46)48-35-34-42(4,5)6)36-47-40(43)32-28-24-22-21-23-27-31-38(3)30-26-12-10-8-2/h38-39H,7-37H2,1-6H3/t38-,39+/m0/s1. The van der Waals surface area contributed by atoms with Gasteiger partial charge in [-0.05, 0) is 18.8 Å². The third-order valence-corrected chi connectivity index (χ3v) is 10.5. The van der Waals surface area contributed by atoms with Crippen LogP contribution in [0.25, 0.3) is 0 Å². The summed E-state index contributed by atoms with van der Waals surface area (Å²) in [6.07, 6.45) is 29.7. The molecule has 304 valence electrons. The second kappa shape index (κ2) is 33.6. The Morgan fingerprint density at radius 1 is 0.588 bits per heavy atom. The molecular formula is C41H82NO8P. The smallest absolute Gasteiger partial charge is 0.306 e. The topological polar surface area (TPSA) is 111 Å². The van der Waals surface area contributed by atoms with Crippen molar-refractivity contribution in [2.45, 2.75) is 200 Å². The number of rotatable bonds is 38. The lowest BCUT2D eigenvalue weighted by Gasteiger charge is -2.28. The first-order valence-electron chi connectivity index (χ1n) is 21.1. The molecule has 10 heteroatoms. The number of phosphoric ester groups is 1. The first-order valence-corrected chi connectivity index (χ1v) is 22.6. The Bertz CT molecular complexity index is 865. The number of hydrogen-bond donors (Lipinski definition) is 0. The number of carbonyl (C=O) groups excluding carboxylic acids is 2. The van der Waals surface area contributed by atoms with E-state index in [1.54, 1.807) is 0 Å². The molecule has 1 unspecified atom stereocenters. The summed E-state index contributed by atoms with van der Waals surface area (Å²) in [6, 6.07) is 0. The predicted molar refractivity (Wildman–Crippen MR) is 208 cm³/mol. The highest BCUT2D eigenvalue weighted by Crippen LogP contribution is 2.38. The maximum Gasteiger partial charge on any atom is 0.306 e. The monoisotopic (exact) mass is 748 g/mol. The Hall–Kier alpha value is -0.990. The van der Waals surface area contributed by atoms with Crippen LogP contribution in [-0.4, -0.2) is 70.0 Å². The molecule has 0 aliphatic carbocycles. The van der Waals surface area contributed by atoms with Crippen LogP contribution >= 0.6 is 7.82 Å². The quantitative estimate of drug-likeness (QED) is 0.0266. The van der Waals surface area contributed by atoms with E-state index < -0.39 is 26.5 Å². The number of hydrogen-bond acceptors (Lipinski definition) is 8. The minimum absolute atomic E-state index is 0.0268. The van der Waals surface area contributed by atoms with Crippen molar-refractivity contribution < 1.29 is 42.1 Å². The third-order valence-electron chi connectivity index (χ3n) is 9.52. The van der Waals surface area contributed by atoms with E-state index in [1.165, 1.54) is 122 Å². The zero-order valence-electron chi connectivity index (χ0n) is 34.2. The van der Waals surface area contributed by atoms with Gasteiger partial charge in [0.05, 0.1) is 27.7 Å². The zero-order chi connectivity index (χ0) is 38.1. The highest BCUT2D eigenvalue weighted by molar-refractivity contribution is 7.45. The van der Waals surface area contributed by atoms with Gasteiger partial charge in [-0.1, -0.05) is 168 Å². The molecule has 0 radical (unpaired) electrons. The number of phosphoric acid groups is 1. The van der Waals surface area contributed by atoms with E-state index in [4.69, 9.17) is 18.5 Å². The second-order valence-electron chi connectivity index (χ2n) is 16.0. The second-order valence-corrected chi connectivity index (χ2v) is 17.4. The average Bonchev–Trinajstić information content (AvgIpc) is 3.07. The summed E-state index contributed by atoms with van der Waals surface area (Å²) in [5.41, 5.74) is 0. The summed E-state index contributed by atoms with van der Waals surface area (Å²) in [5, 5.41) is 0. The molecule has 0 N–H and O–H groups in total. The minimum Gasteiger partial charge on any atom is -0.756 e. The number of quaternary nitrogens is 1. The van der Waals surface area contributed by atoms with Crippen molar-refractivity contribution in [1.82, 2.24) is 0 Å². The zero-order valence-corrected chi connectivity index (χ0v) is 35.1. The molecule has 0 bridgehead atoms. The van der Waals surface area contributed by atoms with Gasteiger partial charge in [-0.2, -0.15) is 0 Å². The molecule has 0 aliphatic rings. The number of esters is 2. The van der Waals surface area contributed by atoms with Gasteiger partial charge in [0, 0.05) is 12.8 Å². The van der Waals surface area contributed by atoms with E-state index in [2.05, 4.69) is 20.8 Å². The molecule has 0 heterocycles. The SMILES string of the molecule is CCCCCCCCCCCCCCCC(=O)O[C@H](COC(=O)CCCCCCCC[C@@H](C)CCCCCC)COP(=O)([O-])OCC[N+](C)(C)C. The van der Waals surface area contributed by atoms with E-state index in [9.17, 15) is 19.0 Å². The summed E-state index contributed by atoms with van der Waals surface area (Å²) in [5.74, 6) is -0.0144. The highest BCUT2D eigenvalue weighted by Gasteiger charge is 2.21. The predicted octanol–water partition coefficient (Wildman–Crippen LogP) is 10.9. The third kappa shape index (κ3) is 37.1. The average molecular weight is 748 g/mol. The molecule has 3 atom stereocenters. The Morgan fingerprint density at radius 3 is 1.47 bits per heavy atom. The molecule has 0 fully saturated rings. The lowest BCUT2D eigenvalue weighted by atomic mass is 9.96. The molecule has 0 aromatic heterocycles. The van der Waals surface area contributed by atoms with Crippen molar-refractivity contribution in [3.8, 4) is 0 Å². The van der Waals surface area contributed by atoms with Gasteiger partial charge < -0.3 is 27.9 Å². The van der Waals surface area contributed by atoms with Crippen LogP contribution in [0.1, 0.15) is 194 Å². The molecule has 0 aromatic rings. The fourth-order valence-corrected chi connectivity index (χ4v) is 6.81. The van der Waals surface area contributed by atoms with Crippen LogP contribution < -0.4 is 4.89 Å². The molecule has 0 rings (SSSR count). The van der Waals surface area contributed by atoms with Crippen LogP contribution in [0.2, 0.25) is 0 Å². The summed E-state index contributed by atoms with van der Waals surface area (Å²) in [6.45, 7) is 6.61. The number of ether oxygens (including phenoxy) is 2. The van der Waals surface area contributed by atoms with Gasteiger partial charge in [0.25, 0.3) is 7.82 Å². The van der Waals surface area contributed by atoms with Crippen LogP contribution in [0.15, 0.2) is 0 Å². The molecule has 0 amide bonds. The number of carbonyl (C=O) groups is 2. The number of unbranched alkanes of at least 4 members (excludes halogenated alkanes) is 20. The van der Waals surface area contributed by atoms with Crippen LogP contribution in [0.4, 0.5) is 0 Å². The van der Waals surface area contributed by atoms with Crippen molar-refractivity contribution in [2.24, 2.45) is 5.92 Å². The van der Waals surface area contributed by atoms with Crippen molar-refractivity contribution >= 4 is 19.8 Å². The van der Waals surface area contributed by atoms with Crippen molar-refractivity contribution in [3.63, 3.8) is 0 Å². The molecular weight excluding hydrogens is 665 g/mol. The van der Waals surface area contributed by atoms with Crippen LogP contribution in [0, 0.1) is 5.92 Å². The van der Waals surface area contributed by atoms with Gasteiger partial charge in [-0.25, -0.2) is 0 Å². The first-order chi connectivity index (χ1) is 24.4. The normalized spacial score (nSPS) is 14.3. The molecule has 0 aliphatic heterocycles. The van der Waals surface area contributed by atoms with Crippen molar-refractivity contribution in [2.75, 3.05) is 47.5 Å². The molecule has 0 saturated carbocycles. The first kappa shape index (κ1) is 50.0. The Morgan fingerprint density at radius 2 is 1.00 bits per heavy atom. The van der Waals surface area contributed by atoms with Crippen LogP contribution in [0.5, 0.6) is 0 Å². The maximum absolute atomic E-state index is 12.6. The lowest BCUT2D eigenvalue weighted by Crippen LogP contribution is -2.37. The molecule has 0 aromatic carbocycles.